The number of carbonyl (C=O) groups is 1. The van der Waals surface area contributed by atoms with Crippen LogP contribution in [-0.4, -0.2) is 47.0 Å². The standard InChI is InChI=1S/C27H23N5OS/c33-27(32-13-11-28-12-14-32)19-3-1-18(2-4-19)20-5-7-22-23(9-10-29-24(22)15-20)31-21-6-8-26-25(16-21)30-17-34-26/h1-10,15-17,28H,11-14H2,(H,29,31). The molecular weight excluding hydrogens is 442 g/mol. The maximum atomic E-state index is 12.7. The monoisotopic (exact) mass is 465 g/mol. The smallest absolute Gasteiger partial charge is 0.253 e. The normalized spacial score (nSPS) is 13.9. The summed E-state index contributed by atoms with van der Waals surface area (Å²) < 4.78 is 1.18. The predicted molar refractivity (Wildman–Crippen MR) is 139 cm³/mol. The van der Waals surface area contributed by atoms with E-state index in [1.54, 1.807) is 11.3 Å². The van der Waals surface area contributed by atoms with Gasteiger partial charge in [0, 0.05) is 54.7 Å². The lowest BCUT2D eigenvalue weighted by molar-refractivity contribution is 0.0736. The van der Waals surface area contributed by atoms with Crippen LogP contribution in [0.3, 0.4) is 0 Å². The number of piperazine rings is 1. The zero-order valence-corrected chi connectivity index (χ0v) is 19.3. The third-order valence-electron chi connectivity index (χ3n) is 6.22. The van der Waals surface area contributed by atoms with Gasteiger partial charge in [0.15, 0.2) is 0 Å². The minimum Gasteiger partial charge on any atom is -0.355 e. The number of nitrogens with one attached hydrogen (secondary N) is 2. The fourth-order valence-electron chi connectivity index (χ4n) is 4.38. The van der Waals surface area contributed by atoms with Crippen LogP contribution >= 0.6 is 11.3 Å². The highest BCUT2D eigenvalue weighted by Gasteiger charge is 2.17. The predicted octanol–water partition coefficient (Wildman–Crippen LogP) is 5.30. The third kappa shape index (κ3) is 4.00. The van der Waals surface area contributed by atoms with E-state index in [2.05, 4.69) is 57.0 Å². The average molecular weight is 466 g/mol. The molecule has 0 atom stereocenters. The molecule has 6 nitrogen and oxygen atoms in total. The average Bonchev–Trinajstić information content (AvgIpc) is 3.37. The van der Waals surface area contributed by atoms with Crippen LogP contribution in [0.15, 0.2) is 78.4 Å². The van der Waals surface area contributed by atoms with Gasteiger partial charge in [0.1, 0.15) is 0 Å². The van der Waals surface area contributed by atoms with Crippen LogP contribution in [0, 0.1) is 0 Å². The van der Waals surface area contributed by atoms with Gasteiger partial charge in [-0.3, -0.25) is 9.78 Å². The van der Waals surface area contributed by atoms with Gasteiger partial charge in [-0.25, -0.2) is 4.98 Å². The number of carbonyl (C=O) groups excluding carboxylic acids is 1. The number of pyridine rings is 1. The van der Waals surface area contributed by atoms with Crippen molar-refractivity contribution in [1.82, 2.24) is 20.2 Å². The molecule has 2 N–H and O–H groups in total. The Labute approximate surface area is 201 Å². The van der Waals surface area contributed by atoms with Crippen molar-refractivity contribution in [2.75, 3.05) is 31.5 Å². The van der Waals surface area contributed by atoms with Crippen molar-refractivity contribution in [3.8, 4) is 11.1 Å². The molecule has 2 aromatic heterocycles. The number of rotatable bonds is 4. The van der Waals surface area contributed by atoms with Crippen LogP contribution in [0.4, 0.5) is 11.4 Å². The first kappa shape index (κ1) is 20.8. The molecule has 3 aromatic carbocycles. The SMILES string of the molecule is O=C(c1ccc(-c2ccc3c(Nc4ccc5scnc5c4)ccnc3c2)cc1)N1CCNCC1. The Morgan fingerprint density at radius 2 is 1.71 bits per heavy atom. The number of aromatic nitrogens is 2. The van der Waals surface area contributed by atoms with Crippen LogP contribution < -0.4 is 10.6 Å². The number of amides is 1. The van der Waals surface area contributed by atoms with E-state index in [-0.39, 0.29) is 5.91 Å². The fourth-order valence-corrected chi connectivity index (χ4v) is 5.04. The molecule has 0 aliphatic carbocycles. The summed E-state index contributed by atoms with van der Waals surface area (Å²) in [7, 11) is 0. The van der Waals surface area contributed by atoms with Crippen LogP contribution in [0.25, 0.3) is 32.2 Å². The fraction of sp³-hybridized carbons (Fsp3) is 0.148. The number of thiazole rings is 1. The largest absolute Gasteiger partial charge is 0.355 e. The van der Waals surface area contributed by atoms with Crippen molar-refractivity contribution in [1.29, 1.82) is 0 Å². The molecule has 7 heteroatoms. The molecule has 168 valence electrons. The molecule has 0 bridgehead atoms. The third-order valence-corrected chi connectivity index (χ3v) is 7.03. The van der Waals surface area contributed by atoms with Crippen molar-refractivity contribution >= 4 is 49.7 Å². The van der Waals surface area contributed by atoms with Gasteiger partial charge in [-0.2, -0.15) is 0 Å². The molecule has 0 radical (unpaired) electrons. The van der Waals surface area contributed by atoms with Crippen molar-refractivity contribution in [2.24, 2.45) is 0 Å². The van der Waals surface area contributed by atoms with E-state index >= 15 is 0 Å². The van der Waals surface area contributed by atoms with Gasteiger partial charge in [0.2, 0.25) is 0 Å². The zero-order chi connectivity index (χ0) is 22.9. The molecule has 0 saturated carbocycles. The van der Waals surface area contributed by atoms with Crippen LogP contribution in [0.1, 0.15) is 10.4 Å². The van der Waals surface area contributed by atoms with E-state index in [1.165, 1.54) is 4.70 Å². The van der Waals surface area contributed by atoms with Crippen LogP contribution in [-0.2, 0) is 0 Å². The summed E-state index contributed by atoms with van der Waals surface area (Å²) in [4.78, 5) is 23.7. The minimum atomic E-state index is 0.0970. The second-order valence-corrected chi connectivity index (χ2v) is 9.26. The van der Waals surface area contributed by atoms with Gasteiger partial charge in [-0.15, -0.1) is 11.3 Å². The van der Waals surface area contributed by atoms with Crippen LogP contribution in [0.5, 0.6) is 0 Å². The number of benzene rings is 3. The molecule has 1 amide bonds. The molecule has 6 rings (SSSR count). The van der Waals surface area contributed by atoms with Crippen molar-refractivity contribution in [3.05, 3.63) is 84.0 Å². The molecule has 34 heavy (non-hydrogen) atoms. The molecule has 0 spiro atoms. The second kappa shape index (κ2) is 8.85. The summed E-state index contributed by atoms with van der Waals surface area (Å²) in [6, 6.07) is 22.4. The quantitative estimate of drug-likeness (QED) is 0.377. The Bertz CT molecular complexity index is 1490. The van der Waals surface area contributed by atoms with Gasteiger partial charge >= 0.3 is 0 Å². The number of hydrogen-bond donors (Lipinski definition) is 2. The Morgan fingerprint density at radius 1 is 0.882 bits per heavy atom. The second-order valence-electron chi connectivity index (χ2n) is 8.37. The van der Waals surface area contributed by atoms with Gasteiger partial charge in [0.25, 0.3) is 5.91 Å². The number of hydrogen-bond acceptors (Lipinski definition) is 6. The van der Waals surface area contributed by atoms with E-state index in [0.717, 1.165) is 70.7 Å². The Hall–Kier alpha value is -3.81. The van der Waals surface area contributed by atoms with E-state index in [1.807, 2.05) is 46.9 Å². The molecular formula is C27H23N5OS. The van der Waals surface area contributed by atoms with Gasteiger partial charge < -0.3 is 15.5 Å². The highest BCUT2D eigenvalue weighted by Crippen LogP contribution is 2.31. The zero-order valence-electron chi connectivity index (χ0n) is 18.5. The maximum absolute atomic E-state index is 12.7. The molecule has 1 fully saturated rings. The van der Waals surface area contributed by atoms with E-state index in [9.17, 15) is 4.79 Å². The first-order valence-electron chi connectivity index (χ1n) is 11.3. The minimum absolute atomic E-state index is 0.0970. The summed E-state index contributed by atoms with van der Waals surface area (Å²) in [6.07, 6.45) is 1.82. The first-order valence-corrected chi connectivity index (χ1v) is 12.2. The first-order chi connectivity index (χ1) is 16.7. The van der Waals surface area contributed by atoms with Gasteiger partial charge in [-0.1, -0.05) is 24.3 Å². The molecule has 5 aromatic rings. The van der Waals surface area contributed by atoms with E-state index in [4.69, 9.17) is 0 Å². The topological polar surface area (TPSA) is 70.2 Å². The summed E-state index contributed by atoms with van der Waals surface area (Å²) >= 11 is 1.64. The lowest BCUT2D eigenvalue weighted by Gasteiger charge is -2.27. The molecule has 1 aliphatic heterocycles. The Kier molecular flexibility index (Phi) is 5.41. The highest BCUT2D eigenvalue weighted by molar-refractivity contribution is 7.16. The lowest BCUT2D eigenvalue weighted by Crippen LogP contribution is -2.46. The summed E-state index contributed by atoms with van der Waals surface area (Å²) in [6.45, 7) is 3.21. The van der Waals surface area contributed by atoms with E-state index < -0.39 is 0 Å². The summed E-state index contributed by atoms with van der Waals surface area (Å²) in [5.41, 5.74) is 8.64. The summed E-state index contributed by atoms with van der Waals surface area (Å²) in [5.74, 6) is 0.0970. The summed E-state index contributed by atoms with van der Waals surface area (Å²) in [5, 5.41) is 7.85. The molecule has 1 saturated heterocycles. The molecule has 3 heterocycles. The number of anilines is 2. The van der Waals surface area contributed by atoms with Crippen LogP contribution in [0.2, 0.25) is 0 Å². The molecule has 0 unspecified atom stereocenters. The van der Waals surface area contributed by atoms with Crippen molar-refractivity contribution in [2.45, 2.75) is 0 Å². The molecule has 1 aliphatic rings. The highest BCUT2D eigenvalue weighted by atomic mass is 32.1. The van der Waals surface area contributed by atoms with Crippen molar-refractivity contribution in [3.63, 3.8) is 0 Å². The number of nitrogens with zero attached hydrogens (tertiary/aromatic N) is 3. The van der Waals surface area contributed by atoms with Crippen molar-refractivity contribution < 1.29 is 4.79 Å². The van der Waals surface area contributed by atoms with Gasteiger partial charge in [-0.05, 0) is 53.6 Å². The van der Waals surface area contributed by atoms with Gasteiger partial charge in [0.05, 0.1) is 21.2 Å². The lowest BCUT2D eigenvalue weighted by atomic mass is 10.0. The Balaban J connectivity index is 1.26. The Morgan fingerprint density at radius 3 is 2.56 bits per heavy atom. The maximum Gasteiger partial charge on any atom is 0.253 e. The van der Waals surface area contributed by atoms with E-state index in [0.29, 0.717) is 0 Å². The number of fused-ring (bicyclic) bond motifs is 2.